The summed E-state index contributed by atoms with van der Waals surface area (Å²) >= 11 is 0. The third-order valence-corrected chi connectivity index (χ3v) is 4.91. The van der Waals surface area contributed by atoms with Crippen LogP contribution in [0.2, 0.25) is 0 Å². The van der Waals surface area contributed by atoms with E-state index >= 15 is 0 Å². The Bertz CT molecular complexity index is 947. The van der Waals surface area contributed by atoms with Gasteiger partial charge >= 0.3 is 0 Å². The van der Waals surface area contributed by atoms with E-state index in [4.69, 9.17) is 0 Å². The van der Waals surface area contributed by atoms with E-state index in [1.807, 2.05) is 65.0 Å². The Morgan fingerprint density at radius 1 is 1.04 bits per heavy atom. The zero-order valence-electron chi connectivity index (χ0n) is 16.1. The lowest BCUT2D eigenvalue weighted by Crippen LogP contribution is -2.49. The standard InChI is InChI=1S/C20H23N7O/c1-24(2)17-5-3-4-16(12-17)20(28)26-10-8-25(9-11-26)18-13-19(23-14-22-18)27-7-6-21-15-27/h3-7,12-15H,8-11H2,1-2H3. The van der Waals surface area contributed by atoms with Gasteiger partial charge in [0.2, 0.25) is 0 Å². The number of rotatable bonds is 4. The maximum atomic E-state index is 12.9. The van der Waals surface area contributed by atoms with Gasteiger partial charge in [-0.15, -0.1) is 0 Å². The summed E-state index contributed by atoms with van der Waals surface area (Å²) in [6.07, 6.45) is 6.85. The maximum absolute atomic E-state index is 12.9. The van der Waals surface area contributed by atoms with E-state index < -0.39 is 0 Å². The Kier molecular flexibility index (Phi) is 4.92. The van der Waals surface area contributed by atoms with Crippen molar-refractivity contribution in [1.29, 1.82) is 0 Å². The van der Waals surface area contributed by atoms with Crippen LogP contribution in [0.15, 0.2) is 55.4 Å². The van der Waals surface area contributed by atoms with Crippen LogP contribution in [0, 0.1) is 0 Å². The number of benzene rings is 1. The number of nitrogens with zero attached hydrogens (tertiary/aromatic N) is 7. The molecule has 1 aliphatic rings. The molecule has 28 heavy (non-hydrogen) atoms. The van der Waals surface area contributed by atoms with Gasteiger partial charge in [-0.25, -0.2) is 15.0 Å². The molecule has 8 heteroatoms. The van der Waals surface area contributed by atoms with Crippen LogP contribution in [-0.2, 0) is 0 Å². The highest BCUT2D eigenvalue weighted by atomic mass is 16.2. The summed E-state index contributed by atoms with van der Waals surface area (Å²) < 4.78 is 1.85. The second-order valence-electron chi connectivity index (χ2n) is 6.93. The summed E-state index contributed by atoms with van der Waals surface area (Å²) in [6, 6.07) is 9.69. The molecule has 0 atom stereocenters. The number of hydrogen-bond acceptors (Lipinski definition) is 6. The van der Waals surface area contributed by atoms with Crippen LogP contribution in [0.4, 0.5) is 11.5 Å². The number of hydrogen-bond donors (Lipinski definition) is 0. The zero-order valence-corrected chi connectivity index (χ0v) is 16.1. The van der Waals surface area contributed by atoms with E-state index in [1.54, 1.807) is 18.9 Å². The third kappa shape index (κ3) is 3.66. The number of imidazole rings is 1. The van der Waals surface area contributed by atoms with Crippen LogP contribution >= 0.6 is 0 Å². The maximum Gasteiger partial charge on any atom is 0.254 e. The molecule has 1 aromatic carbocycles. The Morgan fingerprint density at radius 2 is 1.82 bits per heavy atom. The SMILES string of the molecule is CN(C)c1cccc(C(=O)N2CCN(c3cc(-n4ccnc4)ncn3)CC2)c1. The Hall–Kier alpha value is -3.42. The highest BCUT2D eigenvalue weighted by Crippen LogP contribution is 2.19. The fourth-order valence-electron chi connectivity index (χ4n) is 3.28. The number of carbonyl (C=O) groups is 1. The molecule has 1 fully saturated rings. The second kappa shape index (κ2) is 7.67. The molecule has 2 aromatic heterocycles. The van der Waals surface area contributed by atoms with Crippen LogP contribution in [-0.4, -0.2) is 70.6 Å². The summed E-state index contributed by atoms with van der Waals surface area (Å²) in [5.41, 5.74) is 1.75. The van der Waals surface area contributed by atoms with Crippen molar-refractivity contribution in [2.45, 2.75) is 0 Å². The molecule has 1 amide bonds. The molecule has 0 radical (unpaired) electrons. The third-order valence-electron chi connectivity index (χ3n) is 4.91. The van der Waals surface area contributed by atoms with Gasteiger partial charge in [0.25, 0.3) is 5.91 Å². The van der Waals surface area contributed by atoms with E-state index in [0.29, 0.717) is 13.1 Å². The Morgan fingerprint density at radius 3 is 2.54 bits per heavy atom. The van der Waals surface area contributed by atoms with Gasteiger partial charge in [-0.2, -0.15) is 0 Å². The molecule has 0 bridgehead atoms. The second-order valence-corrected chi connectivity index (χ2v) is 6.93. The molecule has 144 valence electrons. The molecule has 0 N–H and O–H groups in total. The van der Waals surface area contributed by atoms with E-state index in [0.717, 1.165) is 36.0 Å². The van der Waals surface area contributed by atoms with Crippen LogP contribution in [0.25, 0.3) is 5.82 Å². The predicted molar refractivity (Wildman–Crippen MR) is 108 cm³/mol. The van der Waals surface area contributed by atoms with Crippen molar-refractivity contribution in [2.24, 2.45) is 0 Å². The van der Waals surface area contributed by atoms with Crippen molar-refractivity contribution in [3.63, 3.8) is 0 Å². The number of piperazine rings is 1. The molecule has 4 rings (SSSR count). The monoisotopic (exact) mass is 377 g/mol. The number of anilines is 2. The molecular formula is C20H23N7O. The topological polar surface area (TPSA) is 70.4 Å². The van der Waals surface area contributed by atoms with Gasteiger partial charge in [0, 0.05) is 70.0 Å². The van der Waals surface area contributed by atoms with Crippen molar-refractivity contribution < 1.29 is 4.79 Å². The van der Waals surface area contributed by atoms with Gasteiger partial charge in [0.1, 0.15) is 24.3 Å². The lowest BCUT2D eigenvalue weighted by molar-refractivity contribution is 0.0746. The van der Waals surface area contributed by atoms with E-state index in [1.165, 1.54) is 0 Å². The fraction of sp³-hybridized carbons (Fsp3) is 0.300. The van der Waals surface area contributed by atoms with Gasteiger partial charge in [-0.1, -0.05) is 6.07 Å². The van der Waals surface area contributed by atoms with Crippen molar-refractivity contribution in [2.75, 3.05) is 50.1 Å². The van der Waals surface area contributed by atoms with E-state index in [2.05, 4.69) is 19.9 Å². The minimum absolute atomic E-state index is 0.0742. The molecular weight excluding hydrogens is 354 g/mol. The van der Waals surface area contributed by atoms with Gasteiger partial charge in [-0.05, 0) is 18.2 Å². The average molecular weight is 377 g/mol. The molecule has 0 unspecified atom stereocenters. The van der Waals surface area contributed by atoms with Crippen molar-refractivity contribution in [3.8, 4) is 5.82 Å². The van der Waals surface area contributed by atoms with Crippen molar-refractivity contribution in [3.05, 3.63) is 60.9 Å². The quantitative estimate of drug-likeness (QED) is 0.689. The zero-order chi connectivity index (χ0) is 19.5. The summed E-state index contributed by atoms with van der Waals surface area (Å²) in [7, 11) is 3.95. The van der Waals surface area contributed by atoms with E-state index in [-0.39, 0.29) is 5.91 Å². The Balaban J connectivity index is 1.43. The van der Waals surface area contributed by atoms with Crippen LogP contribution < -0.4 is 9.80 Å². The van der Waals surface area contributed by atoms with Gasteiger partial charge < -0.3 is 14.7 Å². The minimum Gasteiger partial charge on any atom is -0.378 e. The average Bonchev–Trinajstić information content (AvgIpc) is 3.28. The largest absolute Gasteiger partial charge is 0.378 e. The normalized spacial score (nSPS) is 14.2. The molecule has 1 saturated heterocycles. The summed E-state index contributed by atoms with van der Waals surface area (Å²) in [6.45, 7) is 2.80. The van der Waals surface area contributed by atoms with Crippen molar-refractivity contribution >= 4 is 17.4 Å². The van der Waals surface area contributed by atoms with Gasteiger partial charge in [0.15, 0.2) is 0 Å². The van der Waals surface area contributed by atoms with Gasteiger partial charge in [0.05, 0.1) is 0 Å². The molecule has 3 aromatic rings. The van der Waals surface area contributed by atoms with Gasteiger partial charge in [-0.3, -0.25) is 9.36 Å². The van der Waals surface area contributed by atoms with Crippen LogP contribution in [0.5, 0.6) is 0 Å². The summed E-state index contributed by atoms with van der Waals surface area (Å²) in [5, 5.41) is 0. The molecule has 1 aliphatic heterocycles. The molecule has 8 nitrogen and oxygen atoms in total. The highest BCUT2D eigenvalue weighted by Gasteiger charge is 2.23. The number of carbonyl (C=O) groups excluding carboxylic acids is 1. The first-order valence-electron chi connectivity index (χ1n) is 9.24. The first-order chi connectivity index (χ1) is 13.6. The Labute approximate surface area is 164 Å². The highest BCUT2D eigenvalue weighted by molar-refractivity contribution is 5.95. The number of aromatic nitrogens is 4. The summed E-state index contributed by atoms with van der Waals surface area (Å²) in [5.74, 6) is 1.71. The number of amides is 1. The van der Waals surface area contributed by atoms with E-state index in [9.17, 15) is 4.79 Å². The van der Waals surface area contributed by atoms with Crippen LogP contribution in [0.1, 0.15) is 10.4 Å². The first-order valence-corrected chi connectivity index (χ1v) is 9.24. The molecule has 3 heterocycles. The first kappa shape index (κ1) is 18.0. The lowest BCUT2D eigenvalue weighted by Gasteiger charge is -2.35. The lowest BCUT2D eigenvalue weighted by atomic mass is 10.1. The predicted octanol–water partition coefficient (Wildman–Crippen LogP) is 1.69. The summed E-state index contributed by atoms with van der Waals surface area (Å²) in [4.78, 5) is 31.7. The molecule has 0 saturated carbocycles. The van der Waals surface area contributed by atoms with Crippen LogP contribution in [0.3, 0.4) is 0 Å². The fourth-order valence-corrected chi connectivity index (χ4v) is 3.28. The van der Waals surface area contributed by atoms with Crippen molar-refractivity contribution in [1.82, 2.24) is 24.4 Å². The smallest absolute Gasteiger partial charge is 0.254 e. The minimum atomic E-state index is 0.0742. The molecule has 0 aliphatic carbocycles. The molecule has 0 spiro atoms.